The Bertz CT molecular complexity index is 550. The summed E-state index contributed by atoms with van der Waals surface area (Å²) in [4.78, 5) is 25.0. The summed E-state index contributed by atoms with van der Waals surface area (Å²) in [6.07, 6.45) is 2.08. The number of hydrogen-bond donors (Lipinski definition) is 0. The van der Waals surface area contributed by atoms with Gasteiger partial charge in [0.25, 0.3) is 0 Å². The van der Waals surface area contributed by atoms with Gasteiger partial charge in [0.1, 0.15) is 12.2 Å². The van der Waals surface area contributed by atoms with Crippen LogP contribution in [0.1, 0.15) is 11.1 Å². The van der Waals surface area contributed by atoms with Gasteiger partial charge >= 0.3 is 0 Å². The summed E-state index contributed by atoms with van der Waals surface area (Å²) in [5.41, 5.74) is 3.02. The fourth-order valence-corrected chi connectivity index (χ4v) is 2.62. The monoisotopic (exact) mass is 243 g/mol. The van der Waals surface area contributed by atoms with Gasteiger partial charge < -0.3 is 14.4 Å². The second-order valence-corrected chi connectivity index (χ2v) is 4.50. The molecule has 0 aliphatic carbocycles. The fraction of sp³-hybridized carbons (Fsp3) is 0.286. The molecule has 1 aromatic carbocycles. The maximum atomic E-state index is 12.2. The Morgan fingerprint density at radius 1 is 1.39 bits per heavy atom. The van der Waals surface area contributed by atoms with Gasteiger partial charge in [0, 0.05) is 12.7 Å². The molecule has 2 heterocycles. The van der Waals surface area contributed by atoms with Crippen LogP contribution in [0.3, 0.4) is 0 Å². The maximum Gasteiger partial charge on any atom is 0.240 e. The van der Waals surface area contributed by atoms with E-state index in [1.165, 1.54) is 7.11 Å². The van der Waals surface area contributed by atoms with Crippen LogP contribution in [0, 0.1) is 5.92 Å². The highest BCUT2D eigenvalue weighted by molar-refractivity contribution is 6.01. The van der Waals surface area contributed by atoms with E-state index in [2.05, 4.69) is 0 Å². The van der Waals surface area contributed by atoms with Crippen molar-refractivity contribution in [3.8, 4) is 0 Å². The highest BCUT2D eigenvalue weighted by Gasteiger charge is 2.40. The van der Waals surface area contributed by atoms with E-state index in [1.54, 1.807) is 4.90 Å². The van der Waals surface area contributed by atoms with E-state index in [-0.39, 0.29) is 5.91 Å². The number of benzene rings is 1. The van der Waals surface area contributed by atoms with Crippen LogP contribution in [0.4, 0.5) is 0 Å². The number of rotatable bonds is 2. The first-order chi connectivity index (χ1) is 8.76. The molecule has 0 saturated heterocycles. The molecule has 0 N–H and O–H groups in total. The molecule has 4 heteroatoms. The molecule has 3 rings (SSSR count). The SMILES string of the molecule is CO[C@@H]1C=C2c3ccccc3CN2C(=O)[C@H]1C=O. The third-order valence-corrected chi connectivity index (χ3v) is 3.56. The van der Waals surface area contributed by atoms with Gasteiger partial charge in [-0.25, -0.2) is 0 Å². The number of aldehydes is 1. The topological polar surface area (TPSA) is 46.6 Å². The lowest BCUT2D eigenvalue weighted by Crippen LogP contribution is -2.43. The molecule has 0 spiro atoms. The second-order valence-electron chi connectivity index (χ2n) is 4.50. The summed E-state index contributed by atoms with van der Waals surface area (Å²) in [5.74, 6) is -0.904. The number of methoxy groups -OCH3 is 1. The lowest BCUT2D eigenvalue weighted by Gasteiger charge is -2.30. The number of amides is 1. The number of carbonyl (C=O) groups is 2. The van der Waals surface area contributed by atoms with Gasteiger partial charge in [0.2, 0.25) is 5.91 Å². The minimum Gasteiger partial charge on any atom is -0.376 e. The van der Waals surface area contributed by atoms with Crippen molar-refractivity contribution in [2.45, 2.75) is 12.6 Å². The predicted molar refractivity (Wildman–Crippen MR) is 65.3 cm³/mol. The van der Waals surface area contributed by atoms with Crippen LogP contribution in [0.5, 0.6) is 0 Å². The molecule has 2 aliphatic heterocycles. The largest absolute Gasteiger partial charge is 0.376 e. The molecule has 1 amide bonds. The Morgan fingerprint density at radius 3 is 2.89 bits per heavy atom. The predicted octanol–water partition coefficient (Wildman–Crippen LogP) is 1.21. The van der Waals surface area contributed by atoms with Gasteiger partial charge in [-0.1, -0.05) is 24.3 Å². The zero-order chi connectivity index (χ0) is 12.7. The number of fused-ring (bicyclic) bond motifs is 3. The van der Waals surface area contributed by atoms with Crippen molar-refractivity contribution >= 4 is 17.9 Å². The molecule has 18 heavy (non-hydrogen) atoms. The Kier molecular flexibility index (Phi) is 2.52. The normalized spacial score (nSPS) is 25.5. The number of carbonyl (C=O) groups excluding carboxylic acids is 2. The zero-order valence-corrected chi connectivity index (χ0v) is 10.00. The van der Waals surface area contributed by atoms with Crippen LogP contribution in [-0.2, 0) is 20.9 Å². The molecule has 2 aliphatic rings. The average molecular weight is 243 g/mol. The Balaban J connectivity index is 2.10. The molecule has 0 bridgehead atoms. The van der Waals surface area contributed by atoms with Crippen LogP contribution >= 0.6 is 0 Å². The van der Waals surface area contributed by atoms with E-state index in [0.717, 1.165) is 16.8 Å². The first kappa shape index (κ1) is 11.2. The Hall–Kier alpha value is -1.94. The molecule has 2 atom stereocenters. The van der Waals surface area contributed by atoms with Crippen molar-refractivity contribution in [2.24, 2.45) is 5.92 Å². The van der Waals surface area contributed by atoms with E-state index >= 15 is 0 Å². The first-order valence-corrected chi connectivity index (χ1v) is 5.86. The summed E-state index contributed by atoms with van der Waals surface area (Å²) < 4.78 is 5.23. The number of hydrogen-bond acceptors (Lipinski definition) is 3. The minimum atomic E-state index is -0.729. The van der Waals surface area contributed by atoms with Crippen LogP contribution in [0.15, 0.2) is 30.3 Å². The Morgan fingerprint density at radius 2 is 2.17 bits per heavy atom. The first-order valence-electron chi connectivity index (χ1n) is 5.86. The Labute approximate surface area is 105 Å². The molecule has 0 radical (unpaired) electrons. The second kappa shape index (κ2) is 4.07. The lowest BCUT2D eigenvalue weighted by molar-refractivity contribution is -0.140. The van der Waals surface area contributed by atoms with Crippen molar-refractivity contribution < 1.29 is 14.3 Å². The van der Waals surface area contributed by atoms with Gasteiger partial charge in [0.05, 0.1) is 18.3 Å². The highest BCUT2D eigenvalue weighted by Crippen LogP contribution is 2.37. The average Bonchev–Trinajstić information content (AvgIpc) is 2.77. The smallest absolute Gasteiger partial charge is 0.240 e. The van der Waals surface area contributed by atoms with Crippen molar-refractivity contribution in [3.05, 3.63) is 41.5 Å². The van der Waals surface area contributed by atoms with Crippen LogP contribution in [0.25, 0.3) is 5.70 Å². The van der Waals surface area contributed by atoms with Crippen molar-refractivity contribution in [1.29, 1.82) is 0 Å². The van der Waals surface area contributed by atoms with Gasteiger partial charge in [-0.15, -0.1) is 0 Å². The summed E-state index contributed by atoms with van der Waals surface area (Å²) in [6.45, 7) is 0.543. The summed E-state index contributed by atoms with van der Waals surface area (Å²) in [7, 11) is 1.52. The highest BCUT2D eigenvalue weighted by atomic mass is 16.5. The van der Waals surface area contributed by atoms with Gasteiger partial charge in [0.15, 0.2) is 0 Å². The van der Waals surface area contributed by atoms with Gasteiger partial charge in [-0.05, 0) is 11.6 Å². The molecule has 4 nitrogen and oxygen atoms in total. The molecule has 1 aromatic rings. The summed E-state index contributed by atoms with van der Waals surface area (Å²) >= 11 is 0. The quantitative estimate of drug-likeness (QED) is 0.579. The van der Waals surface area contributed by atoms with E-state index in [4.69, 9.17) is 4.74 Å². The van der Waals surface area contributed by atoms with E-state index in [9.17, 15) is 9.59 Å². The molecule has 0 fully saturated rings. The van der Waals surface area contributed by atoms with Crippen LogP contribution in [-0.4, -0.2) is 30.3 Å². The summed E-state index contributed by atoms with van der Waals surface area (Å²) in [5, 5.41) is 0. The van der Waals surface area contributed by atoms with Crippen molar-refractivity contribution in [2.75, 3.05) is 7.11 Å². The van der Waals surface area contributed by atoms with E-state index in [0.29, 0.717) is 12.8 Å². The van der Waals surface area contributed by atoms with Gasteiger partial charge in [-0.2, -0.15) is 0 Å². The zero-order valence-electron chi connectivity index (χ0n) is 10.00. The maximum absolute atomic E-state index is 12.2. The number of nitrogens with zero attached hydrogens (tertiary/aromatic N) is 1. The van der Waals surface area contributed by atoms with Crippen molar-refractivity contribution in [3.63, 3.8) is 0 Å². The molecular weight excluding hydrogens is 230 g/mol. The van der Waals surface area contributed by atoms with Crippen LogP contribution < -0.4 is 0 Å². The summed E-state index contributed by atoms with van der Waals surface area (Å²) in [6, 6.07) is 7.89. The van der Waals surface area contributed by atoms with Gasteiger partial charge in [-0.3, -0.25) is 4.79 Å². The van der Waals surface area contributed by atoms with Crippen LogP contribution in [0.2, 0.25) is 0 Å². The fourth-order valence-electron chi connectivity index (χ4n) is 2.62. The number of ether oxygens (including phenoxy) is 1. The lowest BCUT2D eigenvalue weighted by atomic mass is 9.96. The minimum absolute atomic E-state index is 0.175. The third-order valence-electron chi connectivity index (χ3n) is 3.56. The van der Waals surface area contributed by atoms with E-state index in [1.807, 2.05) is 30.3 Å². The third kappa shape index (κ3) is 1.42. The van der Waals surface area contributed by atoms with E-state index < -0.39 is 12.0 Å². The molecule has 0 unspecified atom stereocenters. The molecule has 0 aromatic heterocycles. The molecule has 92 valence electrons. The molecule has 0 saturated carbocycles. The van der Waals surface area contributed by atoms with Crippen molar-refractivity contribution in [1.82, 2.24) is 4.90 Å². The molecular formula is C14H13NO3. The standard InChI is InChI=1S/C14H13NO3/c1-18-13-6-12-10-5-3-2-4-9(10)7-15(12)14(17)11(13)8-16/h2-6,8,11,13H,7H2,1H3/t11-,13+/m0/s1.